The van der Waals surface area contributed by atoms with Crippen molar-refractivity contribution in [3.8, 4) is 5.75 Å². The van der Waals surface area contributed by atoms with E-state index in [0.717, 1.165) is 31.7 Å². The third-order valence-electron chi connectivity index (χ3n) is 3.36. The van der Waals surface area contributed by atoms with Crippen LogP contribution in [0, 0.1) is 5.82 Å². The first kappa shape index (κ1) is 15.2. The van der Waals surface area contributed by atoms with Crippen LogP contribution in [0.1, 0.15) is 18.5 Å². The van der Waals surface area contributed by atoms with Gasteiger partial charge < -0.3 is 10.1 Å². The molecule has 1 heterocycles. The molecule has 0 aliphatic carbocycles. The number of piperazine rings is 1. The van der Waals surface area contributed by atoms with Gasteiger partial charge in [0.15, 0.2) is 11.6 Å². The average molecular weight is 275 g/mol. The summed E-state index contributed by atoms with van der Waals surface area (Å²) in [4.78, 5) is 2.39. The molecule has 3 nitrogen and oxygen atoms in total. The van der Waals surface area contributed by atoms with Crippen molar-refractivity contribution in [2.24, 2.45) is 0 Å². The molecule has 0 aromatic heterocycles. The second-order valence-corrected chi connectivity index (χ2v) is 4.36. The van der Waals surface area contributed by atoms with Crippen LogP contribution in [0.3, 0.4) is 0 Å². The normalized spacial score (nSPS) is 17.9. The summed E-state index contributed by atoms with van der Waals surface area (Å²) in [6.45, 7) is 6.24. The summed E-state index contributed by atoms with van der Waals surface area (Å²) in [7, 11) is 1.50. The number of nitrogens with one attached hydrogen (secondary N) is 1. The quantitative estimate of drug-likeness (QED) is 0.915. The monoisotopic (exact) mass is 274 g/mol. The van der Waals surface area contributed by atoms with Gasteiger partial charge in [-0.3, -0.25) is 4.90 Å². The van der Waals surface area contributed by atoms with Crippen LogP contribution in [-0.4, -0.2) is 38.2 Å². The van der Waals surface area contributed by atoms with Gasteiger partial charge in [0, 0.05) is 32.2 Å². The highest BCUT2D eigenvalue weighted by Gasteiger charge is 2.18. The molecule has 1 aromatic carbocycles. The molecule has 0 bridgehead atoms. The standard InChI is InChI=1S/C13H19FN2O.ClH/c1-10(16-7-5-15-6-8-16)11-3-4-12(14)13(9-11)17-2;/h3-4,9-10,15H,5-8H2,1-2H3;1H/t10-;/m0./s1. The van der Waals surface area contributed by atoms with Gasteiger partial charge in [-0.15, -0.1) is 12.4 Å². The molecule has 0 saturated carbocycles. The number of rotatable bonds is 3. The topological polar surface area (TPSA) is 24.5 Å². The Hall–Kier alpha value is -0.840. The van der Waals surface area contributed by atoms with Crippen LogP contribution in [0.15, 0.2) is 18.2 Å². The van der Waals surface area contributed by atoms with E-state index in [4.69, 9.17) is 4.74 Å². The van der Waals surface area contributed by atoms with Crippen LogP contribution in [-0.2, 0) is 0 Å². The number of benzene rings is 1. The highest BCUT2D eigenvalue weighted by atomic mass is 35.5. The largest absolute Gasteiger partial charge is 0.494 e. The minimum atomic E-state index is -0.302. The van der Waals surface area contributed by atoms with Crippen LogP contribution in [0.5, 0.6) is 5.75 Å². The Balaban J connectivity index is 0.00000162. The Morgan fingerprint density at radius 2 is 2.00 bits per heavy atom. The van der Waals surface area contributed by atoms with Crippen LogP contribution >= 0.6 is 12.4 Å². The van der Waals surface area contributed by atoms with Gasteiger partial charge in [0.2, 0.25) is 0 Å². The molecule has 0 amide bonds. The number of methoxy groups -OCH3 is 1. The fourth-order valence-corrected chi connectivity index (χ4v) is 2.22. The van der Waals surface area contributed by atoms with Crippen molar-refractivity contribution in [3.63, 3.8) is 0 Å². The van der Waals surface area contributed by atoms with E-state index in [1.807, 2.05) is 6.07 Å². The molecular formula is C13H20ClFN2O. The van der Waals surface area contributed by atoms with Gasteiger partial charge in [-0.1, -0.05) is 6.07 Å². The fourth-order valence-electron chi connectivity index (χ4n) is 2.22. The van der Waals surface area contributed by atoms with Gasteiger partial charge in [-0.25, -0.2) is 4.39 Å². The van der Waals surface area contributed by atoms with Crippen LogP contribution in [0.25, 0.3) is 0 Å². The van der Waals surface area contributed by atoms with E-state index in [-0.39, 0.29) is 18.2 Å². The molecule has 0 spiro atoms. The molecule has 5 heteroatoms. The number of ether oxygens (including phenoxy) is 1. The van der Waals surface area contributed by atoms with Gasteiger partial charge in [0.1, 0.15) is 0 Å². The summed E-state index contributed by atoms with van der Waals surface area (Å²) in [5.74, 6) is 0.0215. The molecule has 0 radical (unpaired) electrons. The lowest BCUT2D eigenvalue weighted by Gasteiger charge is -2.33. The summed E-state index contributed by atoms with van der Waals surface area (Å²) < 4.78 is 18.3. The van der Waals surface area contributed by atoms with E-state index in [1.54, 1.807) is 6.07 Å². The van der Waals surface area contributed by atoms with Crippen LogP contribution in [0.2, 0.25) is 0 Å². The third kappa shape index (κ3) is 3.34. The van der Waals surface area contributed by atoms with Crippen molar-refractivity contribution >= 4 is 12.4 Å². The molecule has 1 aromatic rings. The number of hydrogen-bond acceptors (Lipinski definition) is 3. The van der Waals surface area contributed by atoms with E-state index in [9.17, 15) is 4.39 Å². The second kappa shape index (κ2) is 6.92. The lowest BCUT2D eigenvalue weighted by molar-refractivity contribution is 0.185. The third-order valence-corrected chi connectivity index (χ3v) is 3.36. The van der Waals surface area contributed by atoms with E-state index in [0.29, 0.717) is 11.8 Å². The molecule has 1 aliphatic heterocycles. The maximum atomic E-state index is 13.3. The molecule has 1 atom stereocenters. The number of halogens is 2. The van der Waals surface area contributed by atoms with Crippen molar-refractivity contribution in [3.05, 3.63) is 29.6 Å². The highest BCUT2D eigenvalue weighted by molar-refractivity contribution is 5.85. The predicted octanol–water partition coefficient (Wildman–Crippen LogP) is 2.22. The first-order valence-electron chi connectivity index (χ1n) is 6.00. The van der Waals surface area contributed by atoms with E-state index >= 15 is 0 Å². The maximum absolute atomic E-state index is 13.3. The Morgan fingerprint density at radius 3 is 2.61 bits per heavy atom. The van der Waals surface area contributed by atoms with Gasteiger partial charge in [0.05, 0.1) is 7.11 Å². The molecule has 102 valence electrons. The van der Waals surface area contributed by atoms with Crippen LogP contribution < -0.4 is 10.1 Å². The lowest BCUT2D eigenvalue weighted by Crippen LogP contribution is -2.44. The summed E-state index contributed by atoms with van der Waals surface area (Å²) >= 11 is 0. The molecule has 1 aliphatic rings. The van der Waals surface area contributed by atoms with Crippen molar-refractivity contribution in [2.45, 2.75) is 13.0 Å². The summed E-state index contributed by atoms with van der Waals surface area (Å²) in [6, 6.07) is 5.41. The lowest BCUT2D eigenvalue weighted by atomic mass is 10.1. The van der Waals surface area contributed by atoms with Gasteiger partial charge in [0.25, 0.3) is 0 Å². The first-order chi connectivity index (χ1) is 8.22. The minimum Gasteiger partial charge on any atom is -0.494 e. The molecule has 0 unspecified atom stereocenters. The Morgan fingerprint density at radius 1 is 1.33 bits per heavy atom. The molecule has 1 saturated heterocycles. The maximum Gasteiger partial charge on any atom is 0.165 e. The zero-order valence-electron chi connectivity index (χ0n) is 10.8. The first-order valence-corrected chi connectivity index (χ1v) is 6.00. The Labute approximate surface area is 114 Å². The van der Waals surface area contributed by atoms with E-state index < -0.39 is 0 Å². The van der Waals surface area contributed by atoms with Crippen molar-refractivity contribution < 1.29 is 9.13 Å². The molecule has 1 N–H and O–H groups in total. The molecule has 1 fully saturated rings. The van der Waals surface area contributed by atoms with Gasteiger partial charge in [-0.2, -0.15) is 0 Å². The SMILES string of the molecule is COc1cc([C@H](C)N2CCNCC2)ccc1F.Cl. The second-order valence-electron chi connectivity index (χ2n) is 4.36. The molecular weight excluding hydrogens is 255 g/mol. The zero-order valence-corrected chi connectivity index (χ0v) is 11.6. The molecule has 18 heavy (non-hydrogen) atoms. The van der Waals surface area contributed by atoms with Crippen molar-refractivity contribution in [1.82, 2.24) is 10.2 Å². The zero-order chi connectivity index (χ0) is 12.3. The summed E-state index contributed by atoms with van der Waals surface area (Å²) in [6.07, 6.45) is 0. The van der Waals surface area contributed by atoms with Crippen molar-refractivity contribution in [2.75, 3.05) is 33.3 Å². The van der Waals surface area contributed by atoms with Crippen LogP contribution in [0.4, 0.5) is 4.39 Å². The molecule has 2 rings (SSSR count). The highest BCUT2D eigenvalue weighted by Crippen LogP contribution is 2.26. The van der Waals surface area contributed by atoms with Gasteiger partial charge in [-0.05, 0) is 24.6 Å². The Bertz CT molecular complexity index is 383. The van der Waals surface area contributed by atoms with Gasteiger partial charge >= 0.3 is 0 Å². The van der Waals surface area contributed by atoms with Crippen molar-refractivity contribution in [1.29, 1.82) is 0 Å². The summed E-state index contributed by atoms with van der Waals surface area (Å²) in [5, 5.41) is 3.33. The van der Waals surface area contributed by atoms with E-state index in [2.05, 4.69) is 17.1 Å². The number of hydrogen-bond donors (Lipinski definition) is 1. The predicted molar refractivity (Wildman–Crippen MR) is 73.1 cm³/mol. The average Bonchev–Trinajstić information content (AvgIpc) is 2.39. The minimum absolute atomic E-state index is 0. The Kier molecular flexibility index (Phi) is 5.85. The number of nitrogens with zero attached hydrogens (tertiary/aromatic N) is 1. The fraction of sp³-hybridized carbons (Fsp3) is 0.538. The smallest absolute Gasteiger partial charge is 0.165 e. The van der Waals surface area contributed by atoms with E-state index in [1.165, 1.54) is 13.2 Å². The summed E-state index contributed by atoms with van der Waals surface area (Å²) in [5.41, 5.74) is 1.10.